The van der Waals surface area contributed by atoms with E-state index in [4.69, 9.17) is 33.0 Å². The number of halogens is 1. The predicted molar refractivity (Wildman–Crippen MR) is 104 cm³/mol. The van der Waals surface area contributed by atoms with Gasteiger partial charge in [-0.1, -0.05) is 48.0 Å². The van der Waals surface area contributed by atoms with Crippen LogP contribution in [0.1, 0.15) is 21.5 Å². The summed E-state index contributed by atoms with van der Waals surface area (Å²) in [7, 11) is 0. The maximum absolute atomic E-state index is 10.5. The number of rotatable bonds is 4. The summed E-state index contributed by atoms with van der Waals surface area (Å²) in [4.78, 5) is 10.5. The molecule has 0 atom stereocenters. The second-order valence-electron chi connectivity index (χ2n) is 5.51. The van der Waals surface area contributed by atoms with E-state index in [0.29, 0.717) is 6.42 Å². The number of benzene rings is 3. The quantitative estimate of drug-likeness (QED) is 0.528. The van der Waals surface area contributed by atoms with E-state index in [1.807, 2.05) is 36.4 Å². The zero-order chi connectivity index (χ0) is 19.1. The van der Waals surface area contributed by atoms with E-state index in [0.717, 1.165) is 21.9 Å². The van der Waals surface area contributed by atoms with Gasteiger partial charge in [-0.05, 0) is 46.5 Å². The molecule has 5 nitrogen and oxygen atoms in total. The molecule has 3 rings (SSSR count). The number of aliphatic hydroxyl groups is 1. The lowest BCUT2D eigenvalue weighted by atomic mass is 9.98. The normalized spacial score (nSPS) is 10.1. The highest BCUT2D eigenvalue weighted by molar-refractivity contribution is 6.32. The van der Waals surface area contributed by atoms with Crippen LogP contribution in [0.3, 0.4) is 0 Å². The van der Waals surface area contributed by atoms with E-state index in [2.05, 4.69) is 0 Å². The van der Waals surface area contributed by atoms with Crippen molar-refractivity contribution >= 4 is 34.5 Å². The van der Waals surface area contributed by atoms with Crippen molar-refractivity contribution in [1.29, 1.82) is 5.41 Å². The molecule has 0 saturated heterocycles. The maximum atomic E-state index is 10.5. The molecule has 0 aliphatic rings. The summed E-state index contributed by atoms with van der Waals surface area (Å²) in [6, 6.07) is 16.0. The van der Waals surface area contributed by atoms with Gasteiger partial charge in [0.25, 0.3) is 0 Å². The SMILES string of the molecule is N=Cc1ccc(CCO)c2ccccc12.NC(=O)c1ccc(O)c(Cl)c1. The molecule has 0 heterocycles. The number of nitrogens with two attached hydrogens (primary N) is 1. The van der Waals surface area contributed by atoms with Crippen LogP contribution in [0.25, 0.3) is 10.8 Å². The average Bonchev–Trinajstić information content (AvgIpc) is 2.65. The highest BCUT2D eigenvalue weighted by Gasteiger charge is 2.04. The summed E-state index contributed by atoms with van der Waals surface area (Å²) in [5.74, 6) is -0.622. The third-order valence-corrected chi connectivity index (χ3v) is 4.12. The van der Waals surface area contributed by atoms with Crippen molar-refractivity contribution in [1.82, 2.24) is 0 Å². The van der Waals surface area contributed by atoms with E-state index in [1.54, 1.807) is 0 Å². The lowest BCUT2D eigenvalue weighted by Crippen LogP contribution is -2.10. The molecule has 26 heavy (non-hydrogen) atoms. The van der Waals surface area contributed by atoms with E-state index >= 15 is 0 Å². The molecule has 0 aliphatic carbocycles. The number of carbonyl (C=O) groups is 1. The molecule has 0 radical (unpaired) electrons. The predicted octanol–water partition coefficient (Wildman–Crippen LogP) is 3.52. The van der Waals surface area contributed by atoms with Crippen LogP contribution >= 0.6 is 11.6 Å². The first kappa shape index (κ1) is 19.4. The Morgan fingerprint density at radius 2 is 1.81 bits per heavy atom. The first-order valence-electron chi connectivity index (χ1n) is 7.88. The van der Waals surface area contributed by atoms with Crippen LogP contribution in [0.2, 0.25) is 5.02 Å². The summed E-state index contributed by atoms with van der Waals surface area (Å²) < 4.78 is 0. The van der Waals surface area contributed by atoms with Crippen molar-refractivity contribution < 1.29 is 15.0 Å². The van der Waals surface area contributed by atoms with Crippen molar-refractivity contribution in [3.05, 3.63) is 76.3 Å². The smallest absolute Gasteiger partial charge is 0.248 e. The number of phenolic OH excluding ortho intramolecular Hbond substituents is 1. The number of hydrogen-bond acceptors (Lipinski definition) is 4. The van der Waals surface area contributed by atoms with Gasteiger partial charge >= 0.3 is 0 Å². The summed E-state index contributed by atoms with van der Waals surface area (Å²) >= 11 is 5.50. The molecule has 0 bridgehead atoms. The average molecular weight is 371 g/mol. The standard InChI is InChI=1S/C13H13NO.C7H6ClNO2/c14-9-11-6-5-10(7-8-15)12-3-1-2-4-13(11)12;8-5-3-4(7(9)11)1-2-6(5)10/h1-6,9,14-15H,7-8H2;1-3,10H,(H2,9,11). The number of phenols is 1. The Morgan fingerprint density at radius 3 is 2.38 bits per heavy atom. The summed E-state index contributed by atoms with van der Waals surface area (Å²) in [6.07, 6.45) is 2.03. The molecule has 0 aromatic heterocycles. The van der Waals surface area contributed by atoms with Crippen LogP contribution in [0.5, 0.6) is 5.75 Å². The molecule has 1 amide bonds. The van der Waals surface area contributed by atoms with Gasteiger partial charge in [0.1, 0.15) is 5.75 Å². The molecule has 0 aliphatic heterocycles. The number of aromatic hydroxyl groups is 1. The van der Waals surface area contributed by atoms with Gasteiger partial charge in [-0.15, -0.1) is 0 Å². The first-order chi connectivity index (χ1) is 12.5. The van der Waals surface area contributed by atoms with E-state index < -0.39 is 5.91 Å². The minimum absolute atomic E-state index is 0.0586. The zero-order valence-corrected chi connectivity index (χ0v) is 14.7. The van der Waals surface area contributed by atoms with Crippen LogP contribution in [-0.4, -0.2) is 28.9 Å². The van der Waals surface area contributed by atoms with Crippen LogP contribution in [0.4, 0.5) is 0 Å². The lowest BCUT2D eigenvalue weighted by molar-refractivity contribution is 0.100. The molecule has 3 aromatic carbocycles. The van der Waals surface area contributed by atoms with Gasteiger partial charge < -0.3 is 21.4 Å². The van der Waals surface area contributed by atoms with Crippen LogP contribution in [0, 0.1) is 5.41 Å². The minimum Gasteiger partial charge on any atom is -0.506 e. The number of carbonyl (C=O) groups excluding carboxylic acids is 1. The largest absolute Gasteiger partial charge is 0.506 e. The van der Waals surface area contributed by atoms with Gasteiger partial charge in [-0.2, -0.15) is 0 Å². The molecular weight excluding hydrogens is 352 g/mol. The molecule has 0 fully saturated rings. The second kappa shape index (κ2) is 8.99. The Morgan fingerprint density at radius 1 is 1.12 bits per heavy atom. The number of amides is 1. The van der Waals surface area contributed by atoms with Gasteiger partial charge in [-0.3, -0.25) is 4.79 Å². The van der Waals surface area contributed by atoms with Gasteiger partial charge in [0.15, 0.2) is 0 Å². The highest BCUT2D eigenvalue weighted by Crippen LogP contribution is 2.23. The van der Waals surface area contributed by atoms with Crippen LogP contribution < -0.4 is 5.73 Å². The Bertz CT molecular complexity index is 941. The third-order valence-electron chi connectivity index (χ3n) is 3.82. The van der Waals surface area contributed by atoms with Gasteiger partial charge in [0.05, 0.1) is 5.02 Å². The van der Waals surface area contributed by atoms with Crippen molar-refractivity contribution in [3.63, 3.8) is 0 Å². The molecule has 5 N–H and O–H groups in total. The summed E-state index contributed by atoms with van der Waals surface area (Å²) in [6.45, 7) is 0.161. The fraction of sp³-hybridized carbons (Fsp3) is 0.100. The van der Waals surface area contributed by atoms with Gasteiger partial charge in [0, 0.05) is 18.4 Å². The highest BCUT2D eigenvalue weighted by atomic mass is 35.5. The number of primary amides is 1. The Kier molecular flexibility index (Phi) is 6.72. The van der Waals surface area contributed by atoms with E-state index in [1.165, 1.54) is 24.4 Å². The molecule has 3 aromatic rings. The number of fused-ring (bicyclic) bond motifs is 1. The van der Waals surface area contributed by atoms with Crippen molar-refractivity contribution in [2.45, 2.75) is 6.42 Å². The van der Waals surface area contributed by atoms with Crippen molar-refractivity contribution in [2.75, 3.05) is 6.61 Å². The van der Waals surface area contributed by atoms with Crippen molar-refractivity contribution in [3.8, 4) is 5.75 Å². The topological polar surface area (TPSA) is 107 Å². The van der Waals surface area contributed by atoms with Crippen LogP contribution in [0.15, 0.2) is 54.6 Å². The fourth-order valence-electron chi connectivity index (χ4n) is 2.51. The Balaban J connectivity index is 0.000000197. The van der Waals surface area contributed by atoms with Gasteiger partial charge in [-0.25, -0.2) is 0 Å². The second-order valence-corrected chi connectivity index (χ2v) is 5.92. The Hall–Kier alpha value is -2.89. The fourth-order valence-corrected chi connectivity index (χ4v) is 2.69. The molecule has 0 saturated carbocycles. The molecule has 134 valence electrons. The van der Waals surface area contributed by atoms with E-state index in [9.17, 15) is 4.79 Å². The zero-order valence-electron chi connectivity index (χ0n) is 13.9. The molecule has 6 heteroatoms. The van der Waals surface area contributed by atoms with E-state index in [-0.39, 0.29) is 22.9 Å². The molecule has 0 spiro atoms. The number of aliphatic hydroxyl groups excluding tert-OH is 1. The summed E-state index contributed by atoms with van der Waals surface area (Å²) in [5.41, 5.74) is 7.30. The van der Waals surface area contributed by atoms with Crippen molar-refractivity contribution in [2.24, 2.45) is 5.73 Å². The Labute approximate surface area is 156 Å². The molecule has 0 unspecified atom stereocenters. The first-order valence-corrected chi connectivity index (χ1v) is 8.26. The van der Waals surface area contributed by atoms with Gasteiger partial charge in [0.2, 0.25) is 5.91 Å². The number of hydrogen-bond donors (Lipinski definition) is 4. The monoisotopic (exact) mass is 370 g/mol. The minimum atomic E-state index is -0.563. The lowest BCUT2D eigenvalue weighted by Gasteiger charge is -2.07. The van der Waals surface area contributed by atoms with Crippen LogP contribution in [-0.2, 0) is 6.42 Å². The third kappa shape index (κ3) is 4.59. The molecular formula is C20H19ClN2O3. The maximum Gasteiger partial charge on any atom is 0.248 e. The number of nitrogens with one attached hydrogen (secondary N) is 1. The summed E-state index contributed by atoms with van der Waals surface area (Å²) in [5, 5.41) is 27.6.